The molecule has 3 aromatic rings. The molecule has 1 aliphatic carbocycles. The van der Waals surface area contributed by atoms with Crippen LogP contribution in [0, 0.1) is 6.85 Å². The molecule has 0 amide bonds. The van der Waals surface area contributed by atoms with E-state index in [0.717, 1.165) is 49.6 Å². The average molecular weight is 455 g/mol. The van der Waals surface area contributed by atoms with Crippen LogP contribution in [0.4, 0.5) is 17.5 Å². The Balaban J connectivity index is 1.67. The maximum Gasteiger partial charge on any atom is 0.263 e. The highest BCUT2D eigenvalue weighted by molar-refractivity contribution is 5.99. The van der Waals surface area contributed by atoms with Gasteiger partial charge in [0.05, 0.1) is 17.4 Å². The number of nitrogens with one attached hydrogen (secondary N) is 2. The summed E-state index contributed by atoms with van der Waals surface area (Å²) in [6.07, 6.45) is -1.84. The van der Waals surface area contributed by atoms with Crippen molar-refractivity contribution in [1.29, 1.82) is 0 Å². The lowest BCUT2D eigenvalue weighted by Gasteiger charge is -2.29. The van der Waals surface area contributed by atoms with Gasteiger partial charge in [-0.15, -0.1) is 0 Å². The van der Waals surface area contributed by atoms with Gasteiger partial charge in [-0.3, -0.25) is 14.2 Å². The second kappa shape index (κ2) is 8.90. The van der Waals surface area contributed by atoms with Crippen LogP contribution in [0.15, 0.2) is 29.3 Å². The predicted molar refractivity (Wildman–Crippen MR) is 129 cm³/mol. The molecule has 1 aliphatic heterocycles. The van der Waals surface area contributed by atoms with Crippen molar-refractivity contribution in [2.75, 3.05) is 36.4 Å². The number of rotatable bonds is 5. The summed E-state index contributed by atoms with van der Waals surface area (Å²) in [7, 11) is 0. The molecule has 0 unspecified atom stereocenters. The lowest BCUT2D eigenvalue weighted by atomic mass is 10.0. The minimum absolute atomic E-state index is 0.0609. The Morgan fingerprint density at radius 1 is 1.21 bits per heavy atom. The van der Waals surface area contributed by atoms with Gasteiger partial charge in [-0.25, -0.2) is 9.97 Å². The van der Waals surface area contributed by atoms with Crippen LogP contribution in [0.1, 0.15) is 64.1 Å². The first kappa shape index (κ1) is 14.7. The van der Waals surface area contributed by atoms with E-state index in [9.17, 15) is 9.59 Å². The van der Waals surface area contributed by atoms with Crippen molar-refractivity contribution < 1.29 is 14.4 Å². The molecule has 2 aliphatic rings. The van der Waals surface area contributed by atoms with Gasteiger partial charge < -0.3 is 15.5 Å². The minimum atomic E-state index is -2.90. The fourth-order valence-corrected chi connectivity index (χ4v) is 4.17. The third kappa shape index (κ3) is 4.08. The van der Waals surface area contributed by atoms with Gasteiger partial charge in [0.15, 0.2) is 5.78 Å². The van der Waals surface area contributed by atoms with E-state index in [4.69, 9.17) is 9.60 Å². The summed E-state index contributed by atoms with van der Waals surface area (Å²) < 4.78 is 58.9. The van der Waals surface area contributed by atoms with Crippen molar-refractivity contribution in [2.45, 2.75) is 45.4 Å². The average Bonchev–Trinajstić information content (AvgIpc) is 3.10. The van der Waals surface area contributed by atoms with Crippen molar-refractivity contribution in [3.8, 4) is 0 Å². The molecule has 9 nitrogen and oxygen atoms in total. The van der Waals surface area contributed by atoms with Crippen molar-refractivity contribution in [3.63, 3.8) is 0 Å². The van der Waals surface area contributed by atoms with Gasteiger partial charge in [-0.05, 0) is 44.2 Å². The van der Waals surface area contributed by atoms with Gasteiger partial charge in [0, 0.05) is 53.4 Å². The fourth-order valence-electron chi connectivity index (χ4n) is 4.17. The summed E-state index contributed by atoms with van der Waals surface area (Å²) in [5.74, 6) is -0.522. The Morgan fingerprint density at radius 3 is 2.67 bits per heavy atom. The highest BCUT2D eigenvalue weighted by Gasteiger charge is 2.25. The number of ketones is 1. The monoisotopic (exact) mass is 454 g/mol. The van der Waals surface area contributed by atoms with Crippen LogP contribution < -0.4 is 21.1 Å². The lowest BCUT2D eigenvalue weighted by molar-refractivity contribution is 0.101. The molecule has 33 heavy (non-hydrogen) atoms. The number of hydrogen-bond donors (Lipinski definition) is 2. The van der Waals surface area contributed by atoms with Gasteiger partial charge >= 0.3 is 0 Å². The number of aryl methyl sites for hydroxylation is 1. The highest BCUT2D eigenvalue weighted by Crippen LogP contribution is 2.32. The van der Waals surface area contributed by atoms with E-state index in [1.165, 1.54) is 0 Å². The highest BCUT2D eigenvalue weighted by atomic mass is 16.1. The number of carbonyl (C=O) groups is 1. The van der Waals surface area contributed by atoms with E-state index in [1.807, 2.05) is 6.07 Å². The number of Topliss-reactive ketones (excluding diaryl/α,β-unsaturated/α-hetero) is 1. The Labute approximate surface area is 202 Å². The largest absolute Gasteiger partial charge is 0.368 e. The standard InChI is InChI=1S/C24H29N7O2/c1-15-19-14-27-24(28-20-8-7-18(13-26-20)30-11-9-25-10-12-30)29-22(19)31(17-5-3-4-6-17)23(33)21(15)16(2)32/h7-8,13-14,17,25H,3-6,9-12H2,1-2H3,(H,26,27,28,29)/i1D3,5D2,6D2. The van der Waals surface area contributed by atoms with Crippen LogP contribution in [0.3, 0.4) is 0 Å². The number of hydrogen-bond acceptors (Lipinski definition) is 8. The Morgan fingerprint density at radius 2 is 2.00 bits per heavy atom. The number of anilines is 3. The van der Waals surface area contributed by atoms with E-state index in [1.54, 1.807) is 12.3 Å². The quantitative estimate of drug-likeness (QED) is 0.567. The SMILES string of the molecule is [2H]C([2H])([2H])c1c(C(C)=O)c(=O)n(C2C([2H])([2H])CCC2([2H])[2H])c2nc(Nc3ccc(N4CCNCC4)cn3)ncc12. The molecule has 0 bridgehead atoms. The number of carbonyl (C=O) groups excluding carboxylic acids is 1. The maximum atomic E-state index is 13.8. The van der Waals surface area contributed by atoms with Crippen LogP contribution in [0.25, 0.3) is 11.0 Å². The number of nitrogens with zero attached hydrogens (tertiary/aromatic N) is 5. The molecule has 5 rings (SSSR count). The molecule has 0 aromatic carbocycles. The molecule has 4 heterocycles. The summed E-state index contributed by atoms with van der Waals surface area (Å²) in [6, 6.07) is 1.95. The molecular formula is C24H29N7O2. The second-order valence-corrected chi connectivity index (χ2v) is 7.99. The van der Waals surface area contributed by atoms with E-state index in [2.05, 4.69) is 30.5 Å². The fraction of sp³-hybridized carbons (Fsp3) is 0.458. The Kier molecular flexibility index (Phi) is 3.98. The van der Waals surface area contributed by atoms with E-state index in [0.29, 0.717) is 5.82 Å². The van der Waals surface area contributed by atoms with Crippen LogP contribution in [-0.2, 0) is 0 Å². The van der Waals surface area contributed by atoms with Crippen LogP contribution in [0.2, 0.25) is 0 Å². The van der Waals surface area contributed by atoms with Crippen molar-refractivity contribution in [3.05, 3.63) is 46.0 Å². The van der Waals surface area contributed by atoms with Crippen LogP contribution in [0.5, 0.6) is 0 Å². The number of pyridine rings is 2. The van der Waals surface area contributed by atoms with Crippen molar-refractivity contribution in [1.82, 2.24) is 24.8 Å². The first-order chi connectivity index (χ1) is 18.7. The topological polar surface area (TPSA) is 105 Å². The zero-order valence-electron chi connectivity index (χ0n) is 25.2. The maximum absolute atomic E-state index is 13.8. The molecule has 2 fully saturated rings. The smallest absolute Gasteiger partial charge is 0.263 e. The molecule has 172 valence electrons. The molecular weight excluding hydrogens is 418 g/mol. The van der Waals surface area contributed by atoms with E-state index in [-0.39, 0.29) is 29.8 Å². The Bertz CT molecular complexity index is 1500. The first-order valence-corrected chi connectivity index (χ1v) is 10.9. The lowest BCUT2D eigenvalue weighted by Crippen LogP contribution is -2.43. The molecule has 3 aromatic heterocycles. The third-order valence-corrected chi connectivity index (χ3v) is 5.83. The summed E-state index contributed by atoms with van der Waals surface area (Å²) in [6.45, 7) is 1.57. The predicted octanol–water partition coefficient (Wildman–Crippen LogP) is 2.97. The summed E-state index contributed by atoms with van der Waals surface area (Å²) in [5.41, 5.74) is -1.64. The number of piperazine rings is 1. The van der Waals surface area contributed by atoms with Crippen LogP contribution >= 0.6 is 0 Å². The Hall–Kier alpha value is -3.33. The zero-order chi connectivity index (χ0) is 29.0. The van der Waals surface area contributed by atoms with Crippen LogP contribution in [-0.4, -0.2) is 51.5 Å². The van der Waals surface area contributed by atoms with Gasteiger partial charge in [0.2, 0.25) is 5.95 Å². The summed E-state index contributed by atoms with van der Waals surface area (Å²) in [4.78, 5) is 41.6. The normalized spacial score (nSPS) is 23.5. The van der Waals surface area contributed by atoms with Gasteiger partial charge in [-0.2, -0.15) is 4.98 Å². The molecule has 1 saturated carbocycles. The molecule has 1 saturated heterocycles. The molecule has 0 radical (unpaired) electrons. The van der Waals surface area contributed by atoms with Crippen molar-refractivity contribution in [2.24, 2.45) is 0 Å². The van der Waals surface area contributed by atoms with Gasteiger partial charge in [0.1, 0.15) is 11.5 Å². The second-order valence-electron chi connectivity index (χ2n) is 7.99. The molecule has 2 N–H and O–H groups in total. The number of fused-ring (bicyclic) bond motifs is 1. The van der Waals surface area contributed by atoms with Gasteiger partial charge in [0.25, 0.3) is 5.56 Å². The third-order valence-electron chi connectivity index (χ3n) is 5.83. The minimum Gasteiger partial charge on any atom is -0.368 e. The molecule has 0 atom stereocenters. The first-order valence-electron chi connectivity index (χ1n) is 14.4. The van der Waals surface area contributed by atoms with E-state index < -0.39 is 48.1 Å². The van der Waals surface area contributed by atoms with Crippen molar-refractivity contribution >= 4 is 34.3 Å². The summed E-state index contributed by atoms with van der Waals surface area (Å²) >= 11 is 0. The van der Waals surface area contributed by atoms with Gasteiger partial charge in [-0.1, -0.05) is 12.8 Å². The summed E-state index contributed by atoms with van der Waals surface area (Å²) in [5, 5.41) is 6.06. The molecule has 9 heteroatoms. The number of aromatic nitrogens is 4. The van der Waals surface area contributed by atoms with E-state index >= 15 is 0 Å². The zero-order valence-corrected chi connectivity index (χ0v) is 18.2. The molecule has 0 spiro atoms.